The van der Waals surface area contributed by atoms with E-state index < -0.39 is 0 Å². The molecule has 19 heavy (non-hydrogen) atoms. The van der Waals surface area contributed by atoms with Gasteiger partial charge >= 0.3 is 0 Å². The lowest BCUT2D eigenvalue weighted by molar-refractivity contribution is 0.692. The molecule has 0 fully saturated rings. The van der Waals surface area contributed by atoms with Crippen LogP contribution in [0.3, 0.4) is 0 Å². The van der Waals surface area contributed by atoms with Crippen molar-refractivity contribution >= 4 is 11.3 Å². The fourth-order valence-corrected chi connectivity index (χ4v) is 2.51. The maximum absolute atomic E-state index is 4.29. The van der Waals surface area contributed by atoms with E-state index in [2.05, 4.69) is 33.6 Å². The van der Waals surface area contributed by atoms with Gasteiger partial charge in [0.1, 0.15) is 0 Å². The predicted molar refractivity (Wildman–Crippen MR) is 76.2 cm³/mol. The Labute approximate surface area is 115 Å². The van der Waals surface area contributed by atoms with Crippen molar-refractivity contribution in [3.05, 3.63) is 64.9 Å². The SMILES string of the molecule is c1ccc(-n2cccn2)c(CNCc2cncs2)c1. The highest BCUT2D eigenvalue weighted by Crippen LogP contribution is 2.13. The van der Waals surface area contributed by atoms with Crippen LogP contribution in [0.1, 0.15) is 10.4 Å². The van der Waals surface area contributed by atoms with Crippen molar-refractivity contribution in [2.24, 2.45) is 0 Å². The van der Waals surface area contributed by atoms with Crippen LogP contribution in [0, 0.1) is 0 Å². The summed E-state index contributed by atoms with van der Waals surface area (Å²) < 4.78 is 1.89. The zero-order valence-corrected chi connectivity index (χ0v) is 11.2. The van der Waals surface area contributed by atoms with Crippen molar-refractivity contribution in [1.29, 1.82) is 0 Å². The van der Waals surface area contributed by atoms with Gasteiger partial charge in [-0.1, -0.05) is 18.2 Å². The Morgan fingerprint density at radius 1 is 1.16 bits per heavy atom. The van der Waals surface area contributed by atoms with E-state index in [0.29, 0.717) is 0 Å². The molecule has 0 spiro atoms. The number of hydrogen-bond acceptors (Lipinski definition) is 4. The Kier molecular flexibility index (Phi) is 3.67. The van der Waals surface area contributed by atoms with Gasteiger partial charge in [0.15, 0.2) is 0 Å². The zero-order chi connectivity index (χ0) is 12.9. The number of rotatable bonds is 5. The van der Waals surface area contributed by atoms with Crippen molar-refractivity contribution in [1.82, 2.24) is 20.1 Å². The Morgan fingerprint density at radius 2 is 2.11 bits per heavy atom. The molecule has 0 atom stereocenters. The smallest absolute Gasteiger partial charge is 0.0794 e. The van der Waals surface area contributed by atoms with E-state index in [9.17, 15) is 0 Å². The van der Waals surface area contributed by atoms with E-state index in [1.807, 2.05) is 34.7 Å². The van der Waals surface area contributed by atoms with Crippen LogP contribution >= 0.6 is 11.3 Å². The second-order valence-electron chi connectivity index (χ2n) is 4.15. The number of benzene rings is 1. The van der Waals surface area contributed by atoms with Crippen molar-refractivity contribution < 1.29 is 0 Å². The van der Waals surface area contributed by atoms with Crippen LogP contribution in [0.25, 0.3) is 5.69 Å². The Balaban J connectivity index is 1.71. The molecule has 0 radical (unpaired) electrons. The van der Waals surface area contributed by atoms with Gasteiger partial charge in [0.2, 0.25) is 0 Å². The maximum Gasteiger partial charge on any atom is 0.0794 e. The molecule has 0 amide bonds. The highest BCUT2D eigenvalue weighted by atomic mass is 32.1. The van der Waals surface area contributed by atoms with Gasteiger partial charge in [-0.15, -0.1) is 11.3 Å². The van der Waals surface area contributed by atoms with E-state index in [0.717, 1.165) is 18.8 Å². The van der Waals surface area contributed by atoms with E-state index in [-0.39, 0.29) is 0 Å². The van der Waals surface area contributed by atoms with Crippen LogP contribution < -0.4 is 5.32 Å². The summed E-state index contributed by atoms with van der Waals surface area (Å²) >= 11 is 1.67. The molecular weight excluding hydrogens is 256 g/mol. The molecule has 0 aliphatic heterocycles. The van der Waals surface area contributed by atoms with E-state index in [1.54, 1.807) is 17.5 Å². The second-order valence-corrected chi connectivity index (χ2v) is 5.12. The summed E-state index contributed by atoms with van der Waals surface area (Å²) in [6.45, 7) is 1.66. The fraction of sp³-hybridized carbons (Fsp3) is 0.143. The van der Waals surface area contributed by atoms with Crippen LogP contribution in [0.15, 0.2) is 54.4 Å². The minimum atomic E-state index is 0.813. The van der Waals surface area contributed by atoms with Gasteiger partial charge in [0.05, 0.1) is 11.2 Å². The molecule has 2 aromatic heterocycles. The third kappa shape index (κ3) is 2.89. The molecule has 0 aliphatic rings. The first kappa shape index (κ1) is 12.1. The molecular formula is C14H14N4S. The third-order valence-electron chi connectivity index (χ3n) is 2.84. The van der Waals surface area contributed by atoms with E-state index in [1.165, 1.54) is 10.4 Å². The van der Waals surface area contributed by atoms with Gasteiger partial charge in [0, 0.05) is 36.6 Å². The summed E-state index contributed by atoms with van der Waals surface area (Å²) in [6.07, 6.45) is 5.65. The number of thiazole rings is 1. The summed E-state index contributed by atoms with van der Waals surface area (Å²) in [4.78, 5) is 5.32. The molecule has 0 saturated heterocycles. The Hall–Kier alpha value is -1.98. The lowest BCUT2D eigenvalue weighted by Gasteiger charge is -2.10. The lowest BCUT2D eigenvalue weighted by atomic mass is 10.2. The van der Waals surface area contributed by atoms with Crippen molar-refractivity contribution in [3.63, 3.8) is 0 Å². The van der Waals surface area contributed by atoms with Crippen LogP contribution in [-0.2, 0) is 13.1 Å². The van der Waals surface area contributed by atoms with Crippen molar-refractivity contribution in [2.45, 2.75) is 13.1 Å². The molecule has 0 unspecified atom stereocenters. The molecule has 1 aromatic carbocycles. The quantitative estimate of drug-likeness (QED) is 0.775. The number of nitrogens with one attached hydrogen (secondary N) is 1. The highest BCUT2D eigenvalue weighted by molar-refractivity contribution is 7.09. The molecule has 1 N–H and O–H groups in total. The molecule has 96 valence electrons. The van der Waals surface area contributed by atoms with Gasteiger partial charge in [-0.2, -0.15) is 5.10 Å². The largest absolute Gasteiger partial charge is 0.308 e. The van der Waals surface area contributed by atoms with E-state index >= 15 is 0 Å². The maximum atomic E-state index is 4.29. The number of nitrogens with zero attached hydrogens (tertiary/aromatic N) is 3. The molecule has 3 aromatic rings. The first-order valence-corrected chi connectivity index (χ1v) is 6.97. The average Bonchev–Trinajstić information content (AvgIpc) is 3.12. The summed E-state index contributed by atoms with van der Waals surface area (Å²) in [5.41, 5.74) is 4.20. The van der Waals surface area contributed by atoms with Crippen LogP contribution in [-0.4, -0.2) is 14.8 Å². The van der Waals surface area contributed by atoms with Gasteiger partial charge in [-0.3, -0.25) is 4.98 Å². The monoisotopic (exact) mass is 270 g/mol. The summed E-state index contributed by atoms with van der Waals surface area (Å²) in [5, 5.41) is 7.72. The normalized spacial score (nSPS) is 10.7. The molecule has 2 heterocycles. The lowest BCUT2D eigenvalue weighted by Crippen LogP contribution is -2.14. The zero-order valence-electron chi connectivity index (χ0n) is 10.4. The molecule has 0 aliphatic carbocycles. The Bertz CT molecular complexity index is 617. The summed E-state index contributed by atoms with van der Waals surface area (Å²) in [5.74, 6) is 0. The number of hydrogen-bond donors (Lipinski definition) is 1. The van der Waals surface area contributed by atoms with E-state index in [4.69, 9.17) is 0 Å². The third-order valence-corrected chi connectivity index (χ3v) is 3.62. The predicted octanol–water partition coefficient (Wildman–Crippen LogP) is 2.62. The van der Waals surface area contributed by atoms with Crippen LogP contribution in [0.5, 0.6) is 0 Å². The first-order chi connectivity index (χ1) is 9.43. The molecule has 3 rings (SSSR count). The minimum Gasteiger partial charge on any atom is -0.308 e. The molecule has 4 nitrogen and oxygen atoms in total. The summed E-state index contributed by atoms with van der Waals surface area (Å²) in [6, 6.07) is 10.2. The second kappa shape index (κ2) is 5.77. The average molecular weight is 270 g/mol. The van der Waals surface area contributed by atoms with Gasteiger partial charge < -0.3 is 5.32 Å². The van der Waals surface area contributed by atoms with Crippen LogP contribution in [0.4, 0.5) is 0 Å². The fourth-order valence-electron chi connectivity index (χ4n) is 1.94. The Morgan fingerprint density at radius 3 is 2.89 bits per heavy atom. The van der Waals surface area contributed by atoms with Crippen LogP contribution in [0.2, 0.25) is 0 Å². The molecule has 0 bridgehead atoms. The number of aromatic nitrogens is 3. The van der Waals surface area contributed by atoms with Crippen molar-refractivity contribution in [2.75, 3.05) is 0 Å². The van der Waals surface area contributed by atoms with Gasteiger partial charge in [-0.05, 0) is 17.7 Å². The summed E-state index contributed by atoms with van der Waals surface area (Å²) in [7, 11) is 0. The number of para-hydroxylation sites is 1. The van der Waals surface area contributed by atoms with Crippen molar-refractivity contribution in [3.8, 4) is 5.69 Å². The molecule has 5 heteroatoms. The van der Waals surface area contributed by atoms with Gasteiger partial charge in [-0.25, -0.2) is 4.68 Å². The van der Waals surface area contributed by atoms with Gasteiger partial charge in [0.25, 0.3) is 0 Å². The molecule has 0 saturated carbocycles. The first-order valence-electron chi connectivity index (χ1n) is 6.09. The highest BCUT2D eigenvalue weighted by Gasteiger charge is 2.03. The standard InChI is InChI=1S/C14H14N4S/c1-2-5-14(18-7-3-6-17-18)12(4-1)8-15-9-13-10-16-11-19-13/h1-7,10-11,15H,8-9H2. The minimum absolute atomic E-state index is 0.813. The topological polar surface area (TPSA) is 42.7 Å².